The van der Waals surface area contributed by atoms with E-state index in [0.29, 0.717) is 6.92 Å². The van der Waals surface area contributed by atoms with E-state index >= 15 is 0 Å². The van der Waals surface area contributed by atoms with Crippen molar-refractivity contribution in [3.63, 3.8) is 0 Å². The van der Waals surface area contributed by atoms with Crippen molar-refractivity contribution in [3.8, 4) is 0 Å². The standard InChI is InChI=1S/C8H15F3N2O3/c1-7(12,8(9,10)11)6(15)13-3-5(14)4-16-2/h5,14H,3-4,12H2,1-2H3,(H,13,15). The molecule has 8 heteroatoms. The van der Waals surface area contributed by atoms with E-state index in [2.05, 4.69) is 4.74 Å². The van der Waals surface area contributed by atoms with Gasteiger partial charge in [0.2, 0.25) is 5.91 Å². The van der Waals surface area contributed by atoms with Gasteiger partial charge in [-0.15, -0.1) is 0 Å². The van der Waals surface area contributed by atoms with Crippen LogP contribution in [0.4, 0.5) is 13.2 Å². The molecule has 96 valence electrons. The summed E-state index contributed by atoms with van der Waals surface area (Å²) in [5.74, 6) is -1.39. The van der Waals surface area contributed by atoms with E-state index in [1.54, 1.807) is 0 Å². The van der Waals surface area contributed by atoms with Crippen molar-refractivity contribution >= 4 is 5.91 Å². The first-order valence-electron chi connectivity index (χ1n) is 4.43. The van der Waals surface area contributed by atoms with E-state index < -0.39 is 23.7 Å². The molecule has 0 aromatic rings. The van der Waals surface area contributed by atoms with E-state index in [0.717, 1.165) is 0 Å². The van der Waals surface area contributed by atoms with E-state index in [1.807, 2.05) is 5.32 Å². The molecule has 0 aromatic carbocycles. The molecular formula is C8H15F3N2O3. The lowest BCUT2D eigenvalue weighted by Gasteiger charge is -2.26. The molecule has 4 N–H and O–H groups in total. The molecule has 0 saturated heterocycles. The molecule has 16 heavy (non-hydrogen) atoms. The average molecular weight is 244 g/mol. The Balaban J connectivity index is 4.27. The molecule has 0 aromatic heterocycles. The van der Waals surface area contributed by atoms with Gasteiger partial charge in [0.25, 0.3) is 0 Å². The Morgan fingerprint density at radius 3 is 2.44 bits per heavy atom. The van der Waals surface area contributed by atoms with Gasteiger partial charge >= 0.3 is 6.18 Å². The van der Waals surface area contributed by atoms with Crippen LogP contribution in [-0.4, -0.2) is 49.1 Å². The Bertz CT molecular complexity index is 243. The van der Waals surface area contributed by atoms with Crippen molar-refractivity contribution in [2.75, 3.05) is 20.3 Å². The van der Waals surface area contributed by atoms with Gasteiger partial charge in [0, 0.05) is 13.7 Å². The fraction of sp³-hybridized carbons (Fsp3) is 0.875. The summed E-state index contributed by atoms with van der Waals surface area (Å²) >= 11 is 0. The largest absolute Gasteiger partial charge is 0.415 e. The fourth-order valence-electron chi connectivity index (χ4n) is 0.774. The maximum atomic E-state index is 12.3. The lowest BCUT2D eigenvalue weighted by atomic mass is 10.0. The van der Waals surface area contributed by atoms with Gasteiger partial charge in [0.1, 0.15) is 0 Å². The average Bonchev–Trinajstić information content (AvgIpc) is 2.12. The molecule has 2 atom stereocenters. The number of carbonyl (C=O) groups excluding carboxylic acids is 1. The number of methoxy groups -OCH3 is 1. The minimum atomic E-state index is -4.84. The zero-order valence-electron chi connectivity index (χ0n) is 8.97. The van der Waals surface area contributed by atoms with Crippen LogP contribution in [0.2, 0.25) is 0 Å². The molecule has 0 aliphatic rings. The van der Waals surface area contributed by atoms with E-state index in [-0.39, 0.29) is 13.2 Å². The number of aliphatic hydroxyl groups excluding tert-OH is 1. The van der Waals surface area contributed by atoms with Crippen LogP contribution in [0.25, 0.3) is 0 Å². The Hall–Kier alpha value is -0.860. The third-order valence-electron chi connectivity index (χ3n) is 1.92. The van der Waals surface area contributed by atoms with Crippen molar-refractivity contribution < 1.29 is 27.8 Å². The number of aliphatic hydroxyl groups is 1. The molecule has 1 amide bonds. The van der Waals surface area contributed by atoms with Gasteiger partial charge in [-0.2, -0.15) is 13.2 Å². The zero-order chi connectivity index (χ0) is 13.0. The summed E-state index contributed by atoms with van der Waals surface area (Å²) in [7, 11) is 1.31. The van der Waals surface area contributed by atoms with Gasteiger partial charge in [-0.05, 0) is 6.92 Å². The number of nitrogens with one attached hydrogen (secondary N) is 1. The summed E-state index contributed by atoms with van der Waals surface area (Å²) in [6.45, 7) is 0.119. The molecule has 0 bridgehead atoms. The molecule has 0 fully saturated rings. The first kappa shape index (κ1) is 15.1. The van der Waals surface area contributed by atoms with Gasteiger partial charge in [-0.25, -0.2) is 0 Å². The lowest BCUT2D eigenvalue weighted by Crippen LogP contribution is -2.62. The first-order chi connectivity index (χ1) is 7.13. The number of amides is 1. The molecule has 2 unspecified atom stereocenters. The number of hydrogen-bond acceptors (Lipinski definition) is 4. The van der Waals surface area contributed by atoms with Gasteiger partial charge in [0.15, 0.2) is 5.54 Å². The van der Waals surface area contributed by atoms with Crippen molar-refractivity contribution in [1.82, 2.24) is 5.32 Å². The summed E-state index contributed by atoms with van der Waals surface area (Å²) in [6, 6.07) is 0. The minimum Gasteiger partial charge on any atom is -0.389 e. The predicted octanol–water partition coefficient (Wildman–Crippen LogP) is -0.610. The second-order valence-electron chi connectivity index (χ2n) is 3.52. The maximum absolute atomic E-state index is 12.3. The van der Waals surface area contributed by atoms with Crippen molar-refractivity contribution in [2.45, 2.75) is 24.7 Å². The molecular weight excluding hydrogens is 229 g/mol. The van der Waals surface area contributed by atoms with Gasteiger partial charge in [-0.1, -0.05) is 0 Å². The molecule has 0 radical (unpaired) electrons. The highest BCUT2D eigenvalue weighted by atomic mass is 19.4. The second kappa shape index (κ2) is 5.46. The number of nitrogens with two attached hydrogens (primary N) is 1. The van der Waals surface area contributed by atoms with Crippen molar-refractivity contribution in [1.29, 1.82) is 0 Å². The highest BCUT2D eigenvalue weighted by molar-refractivity contribution is 5.86. The Morgan fingerprint density at radius 1 is 1.56 bits per heavy atom. The SMILES string of the molecule is COCC(O)CNC(=O)C(C)(N)C(F)(F)F. The quantitative estimate of drug-likeness (QED) is 0.602. The number of ether oxygens (including phenoxy) is 1. The molecule has 0 rings (SSSR count). The monoisotopic (exact) mass is 244 g/mol. The maximum Gasteiger partial charge on any atom is 0.415 e. The summed E-state index contributed by atoms with van der Waals surface area (Å²) in [5.41, 5.74) is 1.88. The van der Waals surface area contributed by atoms with E-state index in [4.69, 9.17) is 10.8 Å². The number of rotatable bonds is 5. The molecule has 0 saturated carbocycles. The third-order valence-corrected chi connectivity index (χ3v) is 1.92. The van der Waals surface area contributed by atoms with Crippen molar-refractivity contribution in [3.05, 3.63) is 0 Å². The number of halogens is 3. The van der Waals surface area contributed by atoms with Crippen LogP contribution < -0.4 is 11.1 Å². The number of hydrogen-bond donors (Lipinski definition) is 3. The Kier molecular flexibility index (Phi) is 5.17. The lowest BCUT2D eigenvalue weighted by molar-refractivity contribution is -0.187. The fourth-order valence-corrected chi connectivity index (χ4v) is 0.774. The van der Waals surface area contributed by atoms with Crippen LogP contribution in [0.3, 0.4) is 0 Å². The highest BCUT2D eigenvalue weighted by Crippen LogP contribution is 2.27. The smallest absolute Gasteiger partial charge is 0.389 e. The molecule has 0 spiro atoms. The third kappa shape index (κ3) is 3.95. The minimum absolute atomic E-state index is 0.0897. The second-order valence-corrected chi connectivity index (χ2v) is 3.52. The predicted molar refractivity (Wildman–Crippen MR) is 49.5 cm³/mol. The topological polar surface area (TPSA) is 84.6 Å². The van der Waals surface area contributed by atoms with E-state index in [9.17, 15) is 18.0 Å². The van der Waals surface area contributed by atoms with Gasteiger partial charge < -0.3 is 20.9 Å². The zero-order valence-corrected chi connectivity index (χ0v) is 8.97. The first-order valence-corrected chi connectivity index (χ1v) is 4.43. The van der Waals surface area contributed by atoms with Crippen LogP contribution in [0.1, 0.15) is 6.92 Å². The molecule has 0 heterocycles. The highest BCUT2D eigenvalue weighted by Gasteiger charge is 2.53. The summed E-state index contributed by atoms with van der Waals surface area (Å²) in [6.07, 6.45) is -5.92. The van der Waals surface area contributed by atoms with Crippen LogP contribution in [0, 0.1) is 0 Å². The van der Waals surface area contributed by atoms with Crippen molar-refractivity contribution in [2.24, 2.45) is 5.73 Å². The number of carbonyl (C=O) groups is 1. The molecule has 0 aliphatic heterocycles. The summed E-state index contributed by atoms with van der Waals surface area (Å²) in [4.78, 5) is 11.1. The summed E-state index contributed by atoms with van der Waals surface area (Å²) in [5, 5.41) is 11.0. The Morgan fingerprint density at radius 2 is 2.06 bits per heavy atom. The summed E-state index contributed by atoms with van der Waals surface area (Å²) < 4.78 is 41.4. The van der Waals surface area contributed by atoms with Crippen LogP contribution in [0.5, 0.6) is 0 Å². The molecule has 5 nitrogen and oxygen atoms in total. The molecule has 0 aliphatic carbocycles. The van der Waals surface area contributed by atoms with Crippen LogP contribution >= 0.6 is 0 Å². The van der Waals surface area contributed by atoms with Gasteiger partial charge in [0.05, 0.1) is 12.7 Å². The van der Waals surface area contributed by atoms with Crippen LogP contribution in [-0.2, 0) is 9.53 Å². The van der Waals surface area contributed by atoms with Gasteiger partial charge in [-0.3, -0.25) is 4.79 Å². The van der Waals surface area contributed by atoms with E-state index in [1.165, 1.54) is 7.11 Å². The Labute approximate surface area is 90.7 Å². The normalized spacial score (nSPS) is 17.7. The van der Waals surface area contributed by atoms with Crippen LogP contribution in [0.15, 0.2) is 0 Å². The number of alkyl halides is 3.